The second-order valence-electron chi connectivity index (χ2n) is 3.99. The lowest BCUT2D eigenvalue weighted by molar-refractivity contribution is 0.0927. The van der Waals surface area contributed by atoms with Crippen LogP contribution in [0.25, 0.3) is 0 Å². The van der Waals surface area contributed by atoms with Gasteiger partial charge in [0.1, 0.15) is 0 Å². The summed E-state index contributed by atoms with van der Waals surface area (Å²) in [5, 5.41) is 3.25. The zero-order valence-electron chi connectivity index (χ0n) is 8.70. The van der Waals surface area contributed by atoms with Crippen LogP contribution in [0.3, 0.4) is 0 Å². The summed E-state index contributed by atoms with van der Waals surface area (Å²) in [5.41, 5.74) is 7.03. The number of Topliss-reactive ketones (excluding diaryl/α,β-unsaturated/α-hetero) is 1. The molecule has 1 aliphatic heterocycles. The molecule has 3 N–H and O–H groups in total. The average Bonchev–Trinajstić information content (AvgIpc) is 2.30. The van der Waals surface area contributed by atoms with Crippen LogP contribution in [0.5, 0.6) is 0 Å². The molecule has 1 saturated heterocycles. The van der Waals surface area contributed by atoms with Crippen molar-refractivity contribution in [2.45, 2.75) is 25.3 Å². The number of anilines is 1. The standard InChI is InChI=1S/C12H16N2O/c13-10-6-4-9(5-7-10)12(15)11-3-1-2-8-14-11/h4-7,11,14H,1-3,8,13H2. The molecule has 3 heteroatoms. The topological polar surface area (TPSA) is 55.1 Å². The number of hydrogen-bond acceptors (Lipinski definition) is 3. The Morgan fingerprint density at radius 1 is 1.27 bits per heavy atom. The van der Waals surface area contributed by atoms with Crippen molar-refractivity contribution in [3.05, 3.63) is 29.8 Å². The Morgan fingerprint density at radius 3 is 2.60 bits per heavy atom. The summed E-state index contributed by atoms with van der Waals surface area (Å²) in [5.74, 6) is 0.190. The summed E-state index contributed by atoms with van der Waals surface area (Å²) in [4.78, 5) is 12.0. The van der Waals surface area contributed by atoms with Crippen molar-refractivity contribution in [3.63, 3.8) is 0 Å². The molecule has 1 unspecified atom stereocenters. The summed E-state index contributed by atoms with van der Waals surface area (Å²) < 4.78 is 0. The monoisotopic (exact) mass is 204 g/mol. The Hall–Kier alpha value is -1.35. The van der Waals surface area contributed by atoms with Crippen LogP contribution in [0.4, 0.5) is 5.69 Å². The van der Waals surface area contributed by atoms with Crippen molar-refractivity contribution in [2.75, 3.05) is 12.3 Å². The third kappa shape index (κ3) is 2.36. The van der Waals surface area contributed by atoms with E-state index in [2.05, 4.69) is 5.32 Å². The summed E-state index contributed by atoms with van der Waals surface area (Å²) in [6, 6.07) is 7.15. The summed E-state index contributed by atoms with van der Waals surface area (Å²) in [6.07, 6.45) is 3.26. The van der Waals surface area contributed by atoms with Crippen LogP contribution >= 0.6 is 0 Å². The number of hydrogen-bond donors (Lipinski definition) is 2. The highest BCUT2D eigenvalue weighted by molar-refractivity contribution is 6.00. The Bertz CT molecular complexity index is 339. The molecule has 0 radical (unpaired) electrons. The smallest absolute Gasteiger partial charge is 0.179 e. The fourth-order valence-electron chi connectivity index (χ4n) is 1.92. The highest BCUT2D eigenvalue weighted by atomic mass is 16.1. The van der Waals surface area contributed by atoms with E-state index in [9.17, 15) is 4.79 Å². The first-order valence-corrected chi connectivity index (χ1v) is 5.40. The lowest BCUT2D eigenvalue weighted by Gasteiger charge is -2.22. The average molecular weight is 204 g/mol. The van der Waals surface area contributed by atoms with Crippen LogP contribution in [0, 0.1) is 0 Å². The molecule has 1 aliphatic rings. The number of carbonyl (C=O) groups excluding carboxylic acids is 1. The fourth-order valence-corrected chi connectivity index (χ4v) is 1.92. The van der Waals surface area contributed by atoms with Gasteiger partial charge in [-0.1, -0.05) is 6.42 Å². The normalized spacial score (nSPS) is 21.2. The van der Waals surface area contributed by atoms with Crippen LogP contribution in [0.2, 0.25) is 0 Å². The van der Waals surface area contributed by atoms with Crippen molar-refractivity contribution < 1.29 is 4.79 Å². The number of benzene rings is 1. The highest BCUT2D eigenvalue weighted by Gasteiger charge is 2.21. The molecule has 15 heavy (non-hydrogen) atoms. The van der Waals surface area contributed by atoms with E-state index >= 15 is 0 Å². The van der Waals surface area contributed by atoms with Gasteiger partial charge in [0.05, 0.1) is 6.04 Å². The van der Waals surface area contributed by atoms with Gasteiger partial charge in [-0.3, -0.25) is 4.79 Å². The molecule has 80 valence electrons. The molecule has 0 aromatic heterocycles. The number of nitrogen functional groups attached to an aromatic ring is 1. The lowest BCUT2D eigenvalue weighted by Crippen LogP contribution is -2.40. The van der Waals surface area contributed by atoms with Crippen LogP contribution in [-0.2, 0) is 0 Å². The van der Waals surface area contributed by atoms with E-state index < -0.39 is 0 Å². The molecule has 2 rings (SSSR count). The first-order valence-electron chi connectivity index (χ1n) is 5.40. The third-order valence-corrected chi connectivity index (χ3v) is 2.82. The Kier molecular flexibility index (Phi) is 3.02. The summed E-state index contributed by atoms with van der Waals surface area (Å²) >= 11 is 0. The lowest BCUT2D eigenvalue weighted by atomic mass is 9.96. The zero-order valence-corrected chi connectivity index (χ0v) is 8.70. The molecule has 0 spiro atoms. The molecular weight excluding hydrogens is 188 g/mol. The van der Waals surface area contributed by atoms with E-state index in [4.69, 9.17) is 5.73 Å². The van der Waals surface area contributed by atoms with Crippen LogP contribution in [-0.4, -0.2) is 18.4 Å². The van der Waals surface area contributed by atoms with Gasteiger partial charge in [0.25, 0.3) is 0 Å². The predicted octanol–water partition coefficient (Wildman–Crippen LogP) is 1.59. The van der Waals surface area contributed by atoms with Gasteiger partial charge in [0.2, 0.25) is 0 Å². The molecule has 0 saturated carbocycles. The molecule has 0 bridgehead atoms. The van der Waals surface area contributed by atoms with Gasteiger partial charge in [-0.25, -0.2) is 0 Å². The summed E-state index contributed by atoms with van der Waals surface area (Å²) in [7, 11) is 0. The number of nitrogens with one attached hydrogen (secondary N) is 1. The number of rotatable bonds is 2. The van der Waals surface area contributed by atoms with E-state index in [0.717, 1.165) is 24.9 Å². The van der Waals surface area contributed by atoms with Gasteiger partial charge in [-0.05, 0) is 43.7 Å². The molecule has 1 atom stereocenters. The minimum Gasteiger partial charge on any atom is -0.399 e. The first-order chi connectivity index (χ1) is 7.27. The maximum atomic E-state index is 12.0. The Morgan fingerprint density at radius 2 is 2.00 bits per heavy atom. The van der Waals surface area contributed by atoms with Crippen LogP contribution in [0.15, 0.2) is 24.3 Å². The van der Waals surface area contributed by atoms with Gasteiger partial charge in [0.15, 0.2) is 5.78 Å². The van der Waals surface area contributed by atoms with Crippen molar-refractivity contribution in [3.8, 4) is 0 Å². The van der Waals surface area contributed by atoms with Crippen molar-refractivity contribution in [1.82, 2.24) is 5.32 Å². The van der Waals surface area contributed by atoms with Crippen LogP contribution in [0.1, 0.15) is 29.6 Å². The molecule has 1 heterocycles. The van der Waals surface area contributed by atoms with E-state index in [-0.39, 0.29) is 11.8 Å². The van der Waals surface area contributed by atoms with Gasteiger partial charge < -0.3 is 11.1 Å². The molecule has 1 aromatic rings. The van der Waals surface area contributed by atoms with E-state index in [1.165, 1.54) is 6.42 Å². The Balaban J connectivity index is 2.09. The number of nitrogens with two attached hydrogens (primary N) is 1. The summed E-state index contributed by atoms with van der Waals surface area (Å²) in [6.45, 7) is 0.950. The highest BCUT2D eigenvalue weighted by Crippen LogP contribution is 2.14. The Labute approximate surface area is 89.7 Å². The van der Waals surface area contributed by atoms with Crippen molar-refractivity contribution >= 4 is 11.5 Å². The number of ketones is 1. The SMILES string of the molecule is Nc1ccc(C(=O)C2CCCCN2)cc1. The van der Waals surface area contributed by atoms with E-state index in [0.29, 0.717) is 5.69 Å². The van der Waals surface area contributed by atoms with Gasteiger partial charge in [0, 0.05) is 11.3 Å². The second kappa shape index (κ2) is 4.45. The zero-order chi connectivity index (χ0) is 10.7. The van der Waals surface area contributed by atoms with Crippen molar-refractivity contribution in [2.24, 2.45) is 0 Å². The number of carbonyl (C=O) groups is 1. The maximum Gasteiger partial charge on any atom is 0.179 e. The fraction of sp³-hybridized carbons (Fsp3) is 0.417. The van der Waals surface area contributed by atoms with Gasteiger partial charge >= 0.3 is 0 Å². The third-order valence-electron chi connectivity index (χ3n) is 2.82. The first kappa shape index (κ1) is 10.2. The molecule has 0 amide bonds. The van der Waals surface area contributed by atoms with E-state index in [1.807, 2.05) is 0 Å². The quantitative estimate of drug-likeness (QED) is 0.568. The molecule has 3 nitrogen and oxygen atoms in total. The molecule has 1 aromatic carbocycles. The van der Waals surface area contributed by atoms with E-state index in [1.54, 1.807) is 24.3 Å². The second-order valence-corrected chi connectivity index (χ2v) is 3.99. The molecule has 0 aliphatic carbocycles. The molecular formula is C12H16N2O. The minimum absolute atomic E-state index is 0.00220. The largest absolute Gasteiger partial charge is 0.399 e. The van der Waals surface area contributed by atoms with Gasteiger partial charge in [-0.15, -0.1) is 0 Å². The van der Waals surface area contributed by atoms with Gasteiger partial charge in [-0.2, -0.15) is 0 Å². The van der Waals surface area contributed by atoms with Crippen LogP contribution < -0.4 is 11.1 Å². The minimum atomic E-state index is 0.00220. The maximum absolute atomic E-state index is 12.0. The van der Waals surface area contributed by atoms with Crippen molar-refractivity contribution in [1.29, 1.82) is 0 Å². The number of piperidine rings is 1. The molecule has 1 fully saturated rings. The predicted molar refractivity (Wildman–Crippen MR) is 60.8 cm³/mol.